The van der Waals surface area contributed by atoms with Gasteiger partial charge in [-0.2, -0.15) is 0 Å². The quantitative estimate of drug-likeness (QED) is 0.480. The van der Waals surface area contributed by atoms with E-state index in [0.717, 1.165) is 5.56 Å². The highest BCUT2D eigenvalue weighted by atomic mass is 19.1. The number of H-pyrrole nitrogens is 1. The maximum absolute atomic E-state index is 15.0. The molecule has 0 saturated carbocycles. The number of rotatable bonds is 4. The molecule has 4 aromatic rings. The average molecular weight is 349 g/mol. The summed E-state index contributed by atoms with van der Waals surface area (Å²) in [5, 5.41) is 0.453. The second-order valence-electron chi connectivity index (χ2n) is 6.25. The van der Waals surface area contributed by atoms with Crippen molar-refractivity contribution in [2.24, 2.45) is 0 Å². The molecule has 0 aliphatic carbocycles. The lowest BCUT2D eigenvalue weighted by Gasteiger charge is -2.06. The van der Waals surface area contributed by atoms with Crippen molar-refractivity contribution in [1.29, 1.82) is 0 Å². The lowest BCUT2D eigenvalue weighted by atomic mass is 10.1. The Labute approximate surface area is 150 Å². The minimum atomic E-state index is -0.361. The number of ether oxygens (including phenoxy) is 1. The Balaban J connectivity index is 1.67. The summed E-state index contributed by atoms with van der Waals surface area (Å²) in [6.45, 7) is 2.18. The van der Waals surface area contributed by atoms with Gasteiger partial charge in [0.2, 0.25) is 0 Å². The van der Waals surface area contributed by atoms with Crippen molar-refractivity contribution in [3.8, 4) is 17.0 Å². The van der Waals surface area contributed by atoms with Crippen LogP contribution < -0.4 is 4.74 Å². The molecule has 0 fully saturated rings. The zero-order valence-corrected chi connectivity index (χ0v) is 14.2. The highest BCUT2D eigenvalue weighted by Crippen LogP contribution is 2.33. The van der Waals surface area contributed by atoms with E-state index >= 15 is 0 Å². The molecule has 0 aliphatic heterocycles. The van der Waals surface area contributed by atoms with Crippen molar-refractivity contribution >= 4 is 10.9 Å². The fraction of sp³-hybridized carbons (Fsp3) is 0.0909. The van der Waals surface area contributed by atoms with Crippen LogP contribution in [0, 0.1) is 18.6 Å². The van der Waals surface area contributed by atoms with Crippen molar-refractivity contribution in [2.75, 3.05) is 0 Å². The molecule has 1 heterocycles. The average Bonchev–Trinajstić information content (AvgIpc) is 2.97. The molecule has 0 spiro atoms. The predicted octanol–water partition coefficient (Wildman–Crippen LogP) is 6.00. The highest BCUT2D eigenvalue weighted by Gasteiger charge is 2.15. The monoisotopic (exact) mass is 349 g/mol. The number of benzene rings is 3. The van der Waals surface area contributed by atoms with Crippen LogP contribution in [0.2, 0.25) is 0 Å². The van der Waals surface area contributed by atoms with Crippen LogP contribution in [-0.4, -0.2) is 4.98 Å². The Morgan fingerprint density at radius 3 is 2.50 bits per heavy atom. The summed E-state index contributed by atoms with van der Waals surface area (Å²) in [5.74, 6) is -0.0964. The first kappa shape index (κ1) is 16.3. The molecule has 0 saturated heterocycles. The van der Waals surface area contributed by atoms with Crippen LogP contribution in [0.4, 0.5) is 8.78 Å². The van der Waals surface area contributed by atoms with Crippen LogP contribution >= 0.6 is 0 Å². The van der Waals surface area contributed by atoms with Crippen LogP contribution in [0.1, 0.15) is 11.1 Å². The summed E-state index contributed by atoms with van der Waals surface area (Å²) in [5.41, 5.74) is 3.40. The number of aromatic amines is 1. The van der Waals surface area contributed by atoms with Gasteiger partial charge in [-0.15, -0.1) is 0 Å². The Morgan fingerprint density at radius 1 is 0.923 bits per heavy atom. The van der Waals surface area contributed by atoms with E-state index in [1.165, 1.54) is 12.1 Å². The fourth-order valence-electron chi connectivity index (χ4n) is 3.06. The number of hydrogen-bond acceptors (Lipinski definition) is 1. The molecule has 0 radical (unpaired) electrons. The van der Waals surface area contributed by atoms with E-state index in [9.17, 15) is 8.78 Å². The van der Waals surface area contributed by atoms with Crippen LogP contribution in [0.25, 0.3) is 22.2 Å². The smallest absolute Gasteiger partial charge is 0.156 e. The minimum absolute atomic E-state index is 0.334. The summed E-state index contributed by atoms with van der Waals surface area (Å²) in [4.78, 5) is 3.09. The van der Waals surface area contributed by atoms with Gasteiger partial charge in [0.05, 0.1) is 5.69 Å². The summed E-state index contributed by atoms with van der Waals surface area (Å²) in [6, 6.07) is 19.4. The van der Waals surface area contributed by atoms with Gasteiger partial charge >= 0.3 is 0 Å². The Hall–Kier alpha value is -3.14. The number of aryl methyl sites for hydroxylation is 1. The molecule has 26 heavy (non-hydrogen) atoms. The third kappa shape index (κ3) is 3.06. The predicted molar refractivity (Wildman–Crippen MR) is 99.2 cm³/mol. The molecule has 4 rings (SSSR count). The molecule has 0 bridgehead atoms. The SMILES string of the molecule is Cc1cc(F)ccc1-c1[nH]c2ccc(OCc3ccccc3)cc2c1F. The van der Waals surface area contributed by atoms with Crippen molar-refractivity contribution in [2.45, 2.75) is 13.5 Å². The van der Waals surface area contributed by atoms with Crippen LogP contribution in [-0.2, 0) is 6.61 Å². The van der Waals surface area contributed by atoms with Crippen LogP contribution in [0.15, 0.2) is 66.7 Å². The minimum Gasteiger partial charge on any atom is -0.489 e. The molecule has 1 N–H and O–H groups in total. The van der Waals surface area contributed by atoms with Gasteiger partial charge in [-0.3, -0.25) is 0 Å². The Morgan fingerprint density at radius 2 is 1.73 bits per heavy atom. The molecule has 3 aromatic carbocycles. The summed E-state index contributed by atoms with van der Waals surface area (Å²) in [6.07, 6.45) is 0. The number of fused-ring (bicyclic) bond motifs is 1. The molecule has 4 heteroatoms. The van der Waals surface area contributed by atoms with Crippen molar-refractivity contribution < 1.29 is 13.5 Å². The maximum Gasteiger partial charge on any atom is 0.156 e. The second-order valence-corrected chi connectivity index (χ2v) is 6.25. The highest BCUT2D eigenvalue weighted by molar-refractivity contribution is 5.88. The van der Waals surface area contributed by atoms with E-state index in [4.69, 9.17) is 4.74 Å². The fourth-order valence-corrected chi connectivity index (χ4v) is 3.06. The topological polar surface area (TPSA) is 25.0 Å². The first-order valence-electron chi connectivity index (χ1n) is 8.36. The lowest BCUT2D eigenvalue weighted by Crippen LogP contribution is -1.94. The summed E-state index contributed by atoms with van der Waals surface area (Å²) in [7, 11) is 0. The summed E-state index contributed by atoms with van der Waals surface area (Å²) >= 11 is 0. The molecular weight excluding hydrogens is 332 g/mol. The summed E-state index contributed by atoms with van der Waals surface area (Å²) < 4.78 is 34.1. The molecule has 2 nitrogen and oxygen atoms in total. The lowest BCUT2D eigenvalue weighted by molar-refractivity contribution is 0.306. The van der Waals surface area contributed by atoms with E-state index in [1.54, 1.807) is 25.1 Å². The zero-order valence-electron chi connectivity index (χ0n) is 14.2. The molecule has 0 aliphatic rings. The first-order valence-corrected chi connectivity index (χ1v) is 8.36. The van der Waals surface area contributed by atoms with Gasteiger partial charge in [0.25, 0.3) is 0 Å². The molecule has 0 amide bonds. The third-order valence-corrected chi connectivity index (χ3v) is 4.41. The largest absolute Gasteiger partial charge is 0.489 e. The van der Waals surface area contributed by atoms with Gasteiger partial charge in [0, 0.05) is 16.5 Å². The molecular formula is C22H17F2NO. The number of hydrogen-bond donors (Lipinski definition) is 1. The zero-order chi connectivity index (χ0) is 18.1. The Kier molecular flexibility index (Phi) is 4.17. The van der Waals surface area contributed by atoms with E-state index in [0.29, 0.717) is 40.1 Å². The maximum atomic E-state index is 15.0. The molecule has 0 unspecified atom stereocenters. The van der Waals surface area contributed by atoms with Crippen molar-refractivity contribution in [1.82, 2.24) is 4.98 Å². The molecule has 0 atom stereocenters. The Bertz CT molecular complexity index is 1070. The van der Waals surface area contributed by atoms with E-state index < -0.39 is 0 Å². The first-order chi connectivity index (χ1) is 12.6. The van der Waals surface area contributed by atoms with Crippen molar-refractivity contribution in [3.63, 3.8) is 0 Å². The van der Waals surface area contributed by atoms with Gasteiger partial charge in [0.1, 0.15) is 18.2 Å². The molecule has 1 aromatic heterocycles. The third-order valence-electron chi connectivity index (χ3n) is 4.41. The van der Waals surface area contributed by atoms with Crippen LogP contribution in [0.5, 0.6) is 5.75 Å². The number of halogens is 2. The number of nitrogens with one attached hydrogen (secondary N) is 1. The molecule has 130 valence electrons. The van der Waals surface area contributed by atoms with E-state index in [1.807, 2.05) is 36.4 Å². The van der Waals surface area contributed by atoms with Crippen molar-refractivity contribution in [3.05, 3.63) is 89.5 Å². The number of aromatic nitrogens is 1. The normalized spacial score (nSPS) is 11.0. The van der Waals surface area contributed by atoms with E-state index in [2.05, 4.69) is 4.98 Å². The second kappa shape index (κ2) is 6.64. The van der Waals surface area contributed by atoms with Gasteiger partial charge < -0.3 is 9.72 Å². The van der Waals surface area contributed by atoms with E-state index in [-0.39, 0.29) is 11.6 Å². The van der Waals surface area contributed by atoms with Crippen LogP contribution in [0.3, 0.4) is 0 Å². The van der Waals surface area contributed by atoms with Gasteiger partial charge in [-0.05, 0) is 54.4 Å². The van der Waals surface area contributed by atoms with Gasteiger partial charge in [-0.25, -0.2) is 8.78 Å². The standard InChI is InChI=1S/C22H17F2NO/c1-14-11-16(23)7-9-18(14)22-21(24)19-12-17(8-10-20(19)25-22)26-13-15-5-3-2-4-6-15/h2-12,25H,13H2,1H3. The van der Waals surface area contributed by atoms with Gasteiger partial charge in [0.15, 0.2) is 5.82 Å². The van der Waals surface area contributed by atoms with Gasteiger partial charge in [-0.1, -0.05) is 30.3 Å².